The van der Waals surface area contributed by atoms with E-state index in [2.05, 4.69) is 5.32 Å². The van der Waals surface area contributed by atoms with Crippen molar-refractivity contribution in [3.05, 3.63) is 29.8 Å². The maximum Gasteiger partial charge on any atom is 0.414 e. The van der Waals surface area contributed by atoms with Crippen LogP contribution in [-0.4, -0.2) is 43.8 Å². The Morgan fingerprint density at radius 3 is 2.64 bits per heavy atom. The summed E-state index contributed by atoms with van der Waals surface area (Å²) in [4.78, 5) is 35.8. The van der Waals surface area contributed by atoms with Gasteiger partial charge >= 0.3 is 12.1 Å². The van der Waals surface area contributed by atoms with Gasteiger partial charge in [-0.3, -0.25) is 9.69 Å². The first-order valence-electron chi connectivity index (χ1n) is 7.01. The SMILES string of the molecule is CCOC(=O)c1ccc(N2C[C@@H](CNC(C)=O)OC2=O)cc1. The van der Waals surface area contributed by atoms with E-state index in [9.17, 15) is 14.4 Å². The average molecular weight is 306 g/mol. The quantitative estimate of drug-likeness (QED) is 0.829. The molecule has 1 fully saturated rings. The number of hydrogen-bond acceptors (Lipinski definition) is 5. The third kappa shape index (κ3) is 3.75. The molecule has 7 nitrogen and oxygen atoms in total. The van der Waals surface area contributed by atoms with Crippen molar-refractivity contribution >= 4 is 23.7 Å². The van der Waals surface area contributed by atoms with E-state index in [1.165, 1.54) is 11.8 Å². The van der Waals surface area contributed by atoms with Gasteiger partial charge in [0.15, 0.2) is 0 Å². The zero-order valence-corrected chi connectivity index (χ0v) is 12.5. The number of anilines is 1. The van der Waals surface area contributed by atoms with Crippen molar-refractivity contribution < 1.29 is 23.9 Å². The zero-order valence-electron chi connectivity index (χ0n) is 12.5. The minimum absolute atomic E-state index is 0.173. The first kappa shape index (κ1) is 15.8. The lowest BCUT2D eigenvalue weighted by Crippen LogP contribution is -2.33. The molecule has 0 unspecified atom stereocenters. The maximum atomic E-state index is 11.9. The number of benzene rings is 1. The number of nitrogens with one attached hydrogen (secondary N) is 1. The number of amides is 2. The van der Waals surface area contributed by atoms with Gasteiger partial charge in [-0.15, -0.1) is 0 Å². The highest BCUT2D eigenvalue weighted by atomic mass is 16.6. The van der Waals surface area contributed by atoms with Crippen molar-refractivity contribution in [2.75, 3.05) is 24.6 Å². The molecule has 7 heteroatoms. The normalized spacial score (nSPS) is 17.1. The van der Waals surface area contributed by atoms with Crippen LogP contribution in [0.4, 0.5) is 10.5 Å². The van der Waals surface area contributed by atoms with Crippen molar-refractivity contribution in [1.29, 1.82) is 0 Å². The number of rotatable bonds is 5. The fraction of sp³-hybridized carbons (Fsp3) is 0.400. The number of hydrogen-bond donors (Lipinski definition) is 1. The van der Waals surface area contributed by atoms with Crippen LogP contribution in [0, 0.1) is 0 Å². The zero-order chi connectivity index (χ0) is 16.1. The van der Waals surface area contributed by atoms with Crippen LogP contribution < -0.4 is 10.2 Å². The van der Waals surface area contributed by atoms with Crippen LogP contribution in [0.25, 0.3) is 0 Å². The van der Waals surface area contributed by atoms with Crippen molar-refractivity contribution in [1.82, 2.24) is 5.32 Å². The number of nitrogens with zero attached hydrogens (tertiary/aromatic N) is 1. The van der Waals surface area contributed by atoms with E-state index in [-0.39, 0.29) is 18.6 Å². The second-order valence-corrected chi connectivity index (χ2v) is 4.82. The highest BCUT2D eigenvalue weighted by molar-refractivity contribution is 5.92. The Hall–Kier alpha value is -2.57. The van der Waals surface area contributed by atoms with Gasteiger partial charge in [-0.05, 0) is 31.2 Å². The van der Waals surface area contributed by atoms with Crippen LogP contribution in [-0.2, 0) is 14.3 Å². The molecule has 1 N–H and O–H groups in total. The van der Waals surface area contributed by atoms with Gasteiger partial charge in [0, 0.05) is 12.6 Å². The summed E-state index contributed by atoms with van der Waals surface area (Å²) in [6, 6.07) is 6.52. The minimum Gasteiger partial charge on any atom is -0.462 e. The molecular formula is C15H18N2O5. The summed E-state index contributed by atoms with van der Waals surface area (Å²) in [7, 11) is 0. The van der Waals surface area contributed by atoms with Crippen molar-refractivity contribution in [2.45, 2.75) is 20.0 Å². The number of carbonyl (C=O) groups is 3. The van der Waals surface area contributed by atoms with Crippen molar-refractivity contribution in [3.63, 3.8) is 0 Å². The van der Waals surface area contributed by atoms with Crippen LogP contribution in [0.2, 0.25) is 0 Å². The molecular weight excluding hydrogens is 288 g/mol. The van der Waals surface area contributed by atoms with Gasteiger partial charge in [-0.1, -0.05) is 0 Å². The summed E-state index contributed by atoms with van der Waals surface area (Å²) >= 11 is 0. The molecule has 1 heterocycles. The average Bonchev–Trinajstić information content (AvgIpc) is 2.86. The van der Waals surface area contributed by atoms with E-state index < -0.39 is 12.1 Å². The van der Waals surface area contributed by atoms with Gasteiger partial charge in [-0.2, -0.15) is 0 Å². The van der Waals surface area contributed by atoms with Crippen molar-refractivity contribution in [2.24, 2.45) is 0 Å². The molecule has 0 bridgehead atoms. The van der Waals surface area contributed by atoms with Crippen LogP contribution >= 0.6 is 0 Å². The molecule has 1 aromatic carbocycles. The Kier molecular flexibility index (Phi) is 4.98. The second kappa shape index (κ2) is 6.93. The molecule has 0 aliphatic carbocycles. The molecule has 1 aliphatic heterocycles. The van der Waals surface area contributed by atoms with Crippen molar-refractivity contribution in [3.8, 4) is 0 Å². The summed E-state index contributed by atoms with van der Waals surface area (Å²) in [5.41, 5.74) is 1.05. The molecule has 1 aromatic rings. The highest BCUT2D eigenvalue weighted by Crippen LogP contribution is 2.22. The number of ether oxygens (including phenoxy) is 2. The highest BCUT2D eigenvalue weighted by Gasteiger charge is 2.32. The number of esters is 1. The lowest BCUT2D eigenvalue weighted by Gasteiger charge is -2.13. The molecule has 1 aliphatic rings. The van der Waals surface area contributed by atoms with Crippen LogP contribution in [0.15, 0.2) is 24.3 Å². The minimum atomic E-state index is -0.473. The Bertz CT molecular complexity index is 570. The van der Waals surface area contributed by atoms with E-state index in [4.69, 9.17) is 9.47 Å². The first-order chi connectivity index (χ1) is 10.5. The molecule has 1 atom stereocenters. The lowest BCUT2D eigenvalue weighted by molar-refractivity contribution is -0.119. The molecule has 2 rings (SSSR count). The Labute approximate surface area is 128 Å². The third-order valence-corrected chi connectivity index (χ3v) is 3.14. The summed E-state index contributed by atoms with van der Waals surface area (Å²) in [5.74, 6) is -0.574. The van der Waals surface area contributed by atoms with Gasteiger partial charge in [0.1, 0.15) is 6.10 Å². The largest absolute Gasteiger partial charge is 0.462 e. The summed E-state index contributed by atoms with van der Waals surface area (Å²) in [5, 5.41) is 2.61. The molecule has 0 radical (unpaired) electrons. The van der Waals surface area contributed by atoms with Gasteiger partial charge in [0.05, 0.1) is 25.3 Å². The smallest absolute Gasteiger partial charge is 0.414 e. The van der Waals surface area contributed by atoms with E-state index in [1.807, 2.05) is 0 Å². The maximum absolute atomic E-state index is 11.9. The summed E-state index contributed by atoms with van der Waals surface area (Å²) in [6.07, 6.45) is -0.861. The predicted octanol–water partition coefficient (Wildman–Crippen LogP) is 1.32. The van der Waals surface area contributed by atoms with E-state index >= 15 is 0 Å². The Morgan fingerprint density at radius 2 is 2.05 bits per heavy atom. The topological polar surface area (TPSA) is 84.9 Å². The summed E-state index contributed by atoms with van der Waals surface area (Å²) < 4.78 is 10.1. The molecule has 0 spiro atoms. The third-order valence-electron chi connectivity index (χ3n) is 3.14. The monoisotopic (exact) mass is 306 g/mol. The van der Waals surface area contributed by atoms with Gasteiger partial charge in [-0.25, -0.2) is 9.59 Å². The fourth-order valence-electron chi connectivity index (χ4n) is 2.09. The second-order valence-electron chi connectivity index (χ2n) is 4.82. The molecule has 118 valence electrons. The van der Waals surface area contributed by atoms with Crippen LogP contribution in [0.5, 0.6) is 0 Å². The molecule has 2 amide bonds. The predicted molar refractivity (Wildman–Crippen MR) is 78.7 cm³/mol. The lowest BCUT2D eigenvalue weighted by atomic mass is 10.2. The number of carbonyl (C=O) groups excluding carboxylic acids is 3. The van der Waals surface area contributed by atoms with Crippen LogP contribution in [0.3, 0.4) is 0 Å². The van der Waals surface area contributed by atoms with Gasteiger partial charge in [0.2, 0.25) is 5.91 Å². The van der Waals surface area contributed by atoms with E-state index in [1.54, 1.807) is 31.2 Å². The Morgan fingerprint density at radius 1 is 1.36 bits per heavy atom. The first-order valence-corrected chi connectivity index (χ1v) is 7.01. The van der Waals surface area contributed by atoms with Gasteiger partial charge in [0.25, 0.3) is 0 Å². The fourth-order valence-corrected chi connectivity index (χ4v) is 2.09. The van der Waals surface area contributed by atoms with Crippen LogP contribution in [0.1, 0.15) is 24.2 Å². The standard InChI is InChI=1S/C15H18N2O5/c1-3-21-14(19)11-4-6-12(7-5-11)17-9-13(22-15(17)20)8-16-10(2)18/h4-7,13H,3,8-9H2,1-2H3,(H,16,18)/t13-/m1/s1. The molecule has 22 heavy (non-hydrogen) atoms. The van der Waals surface area contributed by atoms with E-state index in [0.29, 0.717) is 24.4 Å². The molecule has 0 aromatic heterocycles. The number of cyclic esters (lactones) is 1. The molecule has 1 saturated heterocycles. The summed E-state index contributed by atoms with van der Waals surface area (Å²) in [6.45, 7) is 4.07. The Balaban J connectivity index is 2.01. The molecule has 0 saturated carbocycles. The van der Waals surface area contributed by atoms with E-state index in [0.717, 1.165) is 0 Å². The van der Waals surface area contributed by atoms with Gasteiger partial charge < -0.3 is 14.8 Å².